The second-order valence-corrected chi connectivity index (χ2v) is 18.2. The Bertz CT molecular complexity index is 2840. The quantitative estimate of drug-likeness (QED) is 0.0258. The summed E-state index contributed by atoms with van der Waals surface area (Å²) in [6, 6.07) is 15.8. The topological polar surface area (TPSA) is 413 Å². The summed E-state index contributed by atoms with van der Waals surface area (Å²) in [7, 11) is 1.33. The van der Waals surface area contributed by atoms with Crippen LogP contribution in [0.4, 0.5) is 0 Å². The second-order valence-electron chi connectivity index (χ2n) is 18.2. The molecule has 4 heterocycles. The number of benzene rings is 4. The lowest BCUT2D eigenvalue weighted by molar-refractivity contribution is -0.364. The van der Waals surface area contributed by atoms with E-state index in [0.717, 1.165) is 24.3 Å². The number of aliphatic hydroxyl groups is 10. The molecule has 4 aliphatic heterocycles. The fourth-order valence-electron chi connectivity index (χ4n) is 8.59. The molecule has 0 radical (unpaired) electrons. The lowest BCUT2D eigenvalue weighted by atomic mass is 9.97. The van der Waals surface area contributed by atoms with Crippen molar-refractivity contribution >= 4 is 30.2 Å². The highest BCUT2D eigenvalue weighted by atomic mass is 16.8. The van der Waals surface area contributed by atoms with Crippen LogP contribution in [0.25, 0.3) is 18.2 Å². The monoisotopic (exact) mass is 1100 g/mol. The summed E-state index contributed by atoms with van der Waals surface area (Å²) in [6.07, 6.45) is -23.6. The third kappa shape index (κ3) is 12.8. The van der Waals surface area contributed by atoms with Crippen molar-refractivity contribution < 1.29 is 128 Å². The van der Waals surface area contributed by atoms with Crippen molar-refractivity contribution in [2.75, 3.05) is 26.9 Å². The number of rotatable bonds is 17. The van der Waals surface area contributed by atoms with E-state index in [9.17, 15) is 81.1 Å². The molecule has 3 saturated heterocycles. The van der Waals surface area contributed by atoms with Crippen LogP contribution >= 0.6 is 0 Å². The Labute approximate surface area is 441 Å². The SMILES string of the molecule is COc1cc(C=CC(=O)OCC2OC(OC3=Cc4c(OC5OC(CO)C(O)C(O)C5O)cc(O)cc4[OH+]C3c3ccc(O)cc3)C(OC3OC(COC(=O)C=Cc4ccc(O)c(O)c4)C(O)C(O)C3O)C(O)C2O)ccc1O. The average molecular weight is 1100 g/mol. The van der Waals surface area contributed by atoms with Crippen molar-refractivity contribution in [2.24, 2.45) is 0 Å². The predicted octanol–water partition coefficient (Wildman–Crippen LogP) is -1.09. The van der Waals surface area contributed by atoms with Crippen LogP contribution in [0.1, 0.15) is 28.4 Å². The Balaban J connectivity index is 1.10. The van der Waals surface area contributed by atoms with Gasteiger partial charge < -0.3 is 119 Å². The maximum Gasteiger partial charge on any atom is 0.330 e. The number of aromatic hydroxyl groups is 6. The molecule has 0 aromatic heterocycles. The van der Waals surface area contributed by atoms with Crippen molar-refractivity contribution in [3.63, 3.8) is 0 Å². The minimum atomic E-state index is -2.12. The third-order valence-corrected chi connectivity index (χ3v) is 12.9. The molecule has 78 heavy (non-hydrogen) atoms. The molecule has 4 aliphatic rings. The zero-order valence-corrected chi connectivity index (χ0v) is 40.9. The van der Waals surface area contributed by atoms with Gasteiger partial charge in [-0.15, -0.1) is 0 Å². The van der Waals surface area contributed by atoms with Crippen molar-refractivity contribution in [1.29, 1.82) is 0 Å². The fourth-order valence-corrected chi connectivity index (χ4v) is 8.59. The first-order chi connectivity index (χ1) is 37.2. The van der Waals surface area contributed by atoms with Gasteiger partial charge >= 0.3 is 11.9 Å². The molecule has 15 N–H and O–H groups in total. The Morgan fingerprint density at radius 2 is 1.13 bits per heavy atom. The molecular weight excluding hydrogens is 1040 g/mol. The summed E-state index contributed by atoms with van der Waals surface area (Å²) in [5.74, 6) is -3.91. The first-order valence-electron chi connectivity index (χ1n) is 23.9. The number of hydrogen-bond acceptors (Lipinski definition) is 25. The highest BCUT2D eigenvalue weighted by Gasteiger charge is 2.53. The number of methoxy groups -OCH3 is 1. The minimum absolute atomic E-state index is 0.00348. The number of hydrogen-bond donors (Lipinski definition) is 14. The number of phenols is 5. The molecule has 0 bridgehead atoms. The summed E-state index contributed by atoms with van der Waals surface area (Å²) in [5.41, 5.74) is 1.03. The zero-order chi connectivity index (χ0) is 56.1. The van der Waals surface area contributed by atoms with E-state index in [0.29, 0.717) is 11.1 Å². The second kappa shape index (κ2) is 24.6. The van der Waals surface area contributed by atoms with Gasteiger partial charge in [0.2, 0.25) is 12.6 Å². The van der Waals surface area contributed by atoms with Crippen LogP contribution in [0, 0.1) is 0 Å². The summed E-state index contributed by atoms with van der Waals surface area (Å²) in [5, 5.41) is 149. The van der Waals surface area contributed by atoms with E-state index in [1.165, 1.54) is 86.0 Å². The van der Waals surface area contributed by atoms with E-state index in [-0.39, 0.29) is 45.6 Å². The van der Waals surface area contributed by atoms with Crippen LogP contribution in [0.5, 0.6) is 46.0 Å². The first-order valence-corrected chi connectivity index (χ1v) is 23.9. The van der Waals surface area contributed by atoms with Gasteiger partial charge in [0, 0.05) is 24.3 Å². The maximum absolute atomic E-state index is 13.0. The minimum Gasteiger partial charge on any atom is -0.571 e. The van der Waals surface area contributed by atoms with Gasteiger partial charge in [-0.05, 0) is 71.8 Å². The maximum atomic E-state index is 13.0. The fraction of sp³-hybridized carbons (Fsp3) is 0.385. The summed E-state index contributed by atoms with van der Waals surface area (Å²) in [6.45, 7) is -2.33. The molecule has 0 saturated carbocycles. The Hall–Kier alpha value is -7.28. The standard InChI is InChI=1S/C52H56O26/c1-69-33-15-23(3-11-29(33)57)5-13-39(60)71-21-37-42(63)45(66)49(78-51-47(68)44(65)41(62)36(76-51)20-70-38(59)12-4-22-2-10-28(56)30(58)14-22)52(77-37)74-34-18-27-31(72-48(34)24-6-8-25(54)9-7-24)16-26(55)17-32(27)73-50-46(67)43(64)40(61)35(19-53)75-50/h2-18,35-37,40-58,61-68H,19-21H2,1H3/p+1. The highest BCUT2D eigenvalue weighted by Crippen LogP contribution is 2.47. The van der Waals surface area contributed by atoms with E-state index >= 15 is 0 Å². The van der Waals surface area contributed by atoms with Crippen LogP contribution in [0.15, 0.2) is 90.7 Å². The molecule has 16 unspecified atom stereocenters. The lowest BCUT2D eigenvalue weighted by Gasteiger charge is -2.46. The summed E-state index contributed by atoms with van der Waals surface area (Å²) >= 11 is 0. The summed E-state index contributed by atoms with van der Waals surface area (Å²) < 4.78 is 56.5. The molecule has 4 aromatic rings. The van der Waals surface area contributed by atoms with Gasteiger partial charge in [0.25, 0.3) is 11.9 Å². The predicted molar refractivity (Wildman–Crippen MR) is 261 cm³/mol. The van der Waals surface area contributed by atoms with Crippen LogP contribution < -0.4 is 9.47 Å². The van der Waals surface area contributed by atoms with Crippen LogP contribution in [-0.2, 0) is 42.7 Å². The molecule has 0 aliphatic carbocycles. The zero-order valence-electron chi connectivity index (χ0n) is 40.9. The van der Waals surface area contributed by atoms with Gasteiger partial charge in [0.05, 0.1) is 25.3 Å². The molecule has 26 nitrogen and oxygen atoms in total. The first kappa shape index (κ1) is 56.9. The van der Waals surface area contributed by atoms with Gasteiger partial charge in [0.1, 0.15) is 103 Å². The van der Waals surface area contributed by atoms with Gasteiger partial charge in [-0.1, -0.05) is 12.1 Å². The number of fused-ring (bicyclic) bond motifs is 1. The van der Waals surface area contributed by atoms with E-state index in [1.807, 2.05) is 0 Å². The van der Waals surface area contributed by atoms with Gasteiger partial charge in [-0.25, -0.2) is 9.59 Å². The Morgan fingerprint density at radius 3 is 1.74 bits per heavy atom. The number of ether oxygens (including phenoxy) is 10. The number of carbonyl (C=O) groups excluding carboxylic acids is 2. The molecule has 4 aromatic carbocycles. The lowest BCUT2D eigenvalue weighted by Crippen LogP contribution is -2.64. The normalized spacial score (nSPS) is 30.9. The Morgan fingerprint density at radius 1 is 0.564 bits per heavy atom. The molecule has 0 amide bonds. The molecule has 420 valence electrons. The van der Waals surface area contributed by atoms with Crippen molar-refractivity contribution in [3.8, 4) is 46.0 Å². The highest BCUT2D eigenvalue weighted by molar-refractivity contribution is 5.87. The van der Waals surface area contributed by atoms with E-state index in [4.69, 9.17) is 47.4 Å². The van der Waals surface area contributed by atoms with Crippen LogP contribution in [0.2, 0.25) is 0 Å². The van der Waals surface area contributed by atoms with Gasteiger partial charge in [0.15, 0.2) is 41.2 Å². The third-order valence-electron chi connectivity index (χ3n) is 12.9. The summed E-state index contributed by atoms with van der Waals surface area (Å²) in [4.78, 5) is 25.8. The van der Waals surface area contributed by atoms with Gasteiger partial charge in [-0.2, -0.15) is 0 Å². The molecule has 8 rings (SSSR count). The molecule has 0 spiro atoms. The number of carbonyl (C=O) groups is 2. The van der Waals surface area contributed by atoms with Crippen molar-refractivity contribution in [3.05, 3.63) is 113 Å². The van der Waals surface area contributed by atoms with E-state index in [1.54, 1.807) is 0 Å². The number of aliphatic hydroxyl groups excluding tert-OH is 9. The average Bonchev–Trinajstić information content (AvgIpc) is 3.49. The van der Waals surface area contributed by atoms with Crippen molar-refractivity contribution in [1.82, 2.24) is 0 Å². The van der Waals surface area contributed by atoms with Gasteiger partial charge in [-0.3, -0.25) is 0 Å². The number of esters is 2. The van der Waals surface area contributed by atoms with Crippen LogP contribution in [0.3, 0.4) is 0 Å². The van der Waals surface area contributed by atoms with Crippen LogP contribution in [-0.4, -0.2) is 207 Å². The number of phenolic OH excluding ortho intramolecular Hbond substituents is 5. The van der Waals surface area contributed by atoms with E-state index < -0.39 is 147 Å². The van der Waals surface area contributed by atoms with Crippen molar-refractivity contribution in [2.45, 2.75) is 98.2 Å². The molecule has 3 fully saturated rings. The Kier molecular flexibility index (Phi) is 17.9. The smallest absolute Gasteiger partial charge is 0.330 e. The molecule has 16 atom stereocenters. The largest absolute Gasteiger partial charge is 0.571 e. The van der Waals surface area contributed by atoms with E-state index in [2.05, 4.69) is 0 Å². The molecular formula is C52H57O26+. The molecule has 26 heteroatoms.